The Bertz CT molecular complexity index is 754. The van der Waals surface area contributed by atoms with Crippen LogP contribution < -0.4 is 15.8 Å². The molecule has 0 heterocycles. The highest BCUT2D eigenvalue weighted by Gasteiger charge is 2.25. The van der Waals surface area contributed by atoms with Crippen LogP contribution in [0, 0.1) is 0 Å². The number of carbonyl (C=O) groups is 1. The molecular weight excluding hydrogens is 404 g/mol. The lowest BCUT2D eigenvalue weighted by atomic mass is 9.87. The van der Waals surface area contributed by atoms with Crippen LogP contribution in [-0.2, 0) is 11.2 Å². The fourth-order valence-electron chi connectivity index (χ4n) is 3.06. The van der Waals surface area contributed by atoms with E-state index in [1.165, 1.54) is 5.56 Å². The second-order valence-corrected chi connectivity index (χ2v) is 6.96. The van der Waals surface area contributed by atoms with Crippen LogP contribution in [0.3, 0.4) is 0 Å². The summed E-state index contributed by atoms with van der Waals surface area (Å²) >= 11 is 3.43. The molecule has 1 aliphatic carbocycles. The van der Waals surface area contributed by atoms with E-state index in [4.69, 9.17) is 10.5 Å². The van der Waals surface area contributed by atoms with E-state index in [1.54, 1.807) is 6.92 Å². The van der Waals surface area contributed by atoms with Gasteiger partial charge in [-0.05, 0) is 77.5 Å². The van der Waals surface area contributed by atoms with Gasteiger partial charge < -0.3 is 15.8 Å². The van der Waals surface area contributed by atoms with Crippen LogP contribution in [0.5, 0.6) is 5.75 Å². The number of fused-ring (bicyclic) bond motifs is 1. The van der Waals surface area contributed by atoms with Crippen molar-refractivity contribution in [1.82, 2.24) is 5.32 Å². The normalized spacial score (nSPS) is 17.0. The summed E-state index contributed by atoms with van der Waals surface area (Å²) in [6.07, 6.45) is 2.42. The molecule has 3 rings (SSSR count). The molecule has 0 saturated heterocycles. The molecule has 0 spiro atoms. The molecular formula is C19H22BrClN2O2. The van der Waals surface area contributed by atoms with Crippen molar-refractivity contribution in [2.24, 2.45) is 0 Å². The number of halogens is 2. The predicted octanol–water partition coefficient (Wildman–Crippen LogP) is 4.41. The van der Waals surface area contributed by atoms with E-state index in [0.29, 0.717) is 5.75 Å². The highest BCUT2D eigenvalue weighted by Crippen LogP contribution is 2.31. The number of nitrogen functional groups attached to an aromatic ring is 1. The number of nitrogens with two attached hydrogens (primary N) is 1. The van der Waals surface area contributed by atoms with Crippen LogP contribution in [0.2, 0.25) is 0 Å². The molecule has 2 unspecified atom stereocenters. The van der Waals surface area contributed by atoms with Crippen LogP contribution >= 0.6 is 28.3 Å². The summed E-state index contributed by atoms with van der Waals surface area (Å²) in [6, 6.07) is 13.5. The molecule has 134 valence electrons. The monoisotopic (exact) mass is 424 g/mol. The Labute approximate surface area is 162 Å². The Morgan fingerprint density at radius 1 is 1.32 bits per heavy atom. The van der Waals surface area contributed by atoms with E-state index in [-0.39, 0.29) is 24.4 Å². The van der Waals surface area contributed by atoms with Gasteiger partial charge in [0.15, 0.2) is 6.10 Å². The molecule has 0 fully saturated rings. The molecule has 0 aliphatic heterocycles. The van der Waals surface area contributed by atoms with Gasteiger partial charge in [0, 0.05) is 5.69 Å². The minimum absolute atomic E-state index is 0. The number of hydrogen-bond acceptors (Lipinski definition) is 3. The molecule has 0 saturated carbocycles. The lowest BCUT2D eigenvalue weighted by Crippen LogP contribution is -2.39. The Kier molecular flexibility index (Phi) is 6.73. The Morgan fingerprint density at radius 3 is 2.84 bits per heavy atom. The zero-order valence-electron chi connectivity index (χ0n) is 14.0. The third-order valence-electron chi connectivity index (χ3n) is 4.31. The molecule has 6 heteroatoms. The Morgan fingerprint density at radius 2 is 2.08 bits per heavy atom. The molecule has 0 aromatic heterocycles. The van der Waals surface area contributed by atoms with Crippen LogP contribution in [0.15, 0.2) is 46.9 Å². The smallest absolute Gasteiger partial charge is 0.261 e. The summed E-state index contributed by atoms with van der Waals surface area (Å²) in [4.78, 5) is 12.5. The van der Waals surface area contributed by atoms with Gasteiger partial charge in [0.05, 0.1) is 10.5 Å². The zero-order chi connectivity index (χ0) is 17.1. The lowest BCUT2D eigenvalue weighted by molar-refractivity contribution is -0.128. The average Bonchev–Trinajstić information content (AvgIpc) is 2.56. The highest BCUT2D eigenvalue weighted by molar-refractivity contribution is 9.10. The maximum Gasteiger partial charge on any atom is 0.261 e. The van der Waals surface area contributed by atoms with Gasteiger partial charge in [0.2, 0.25) is 0 Å². The van der Waals surface area contributed by atoms with Crippen molar-refractivity contribution in [2.75, 3.05) is 5.73 Å². The first-order chi connectivity index (χ1) is 11.5. The average molecular weight is 426 g/mol. The number of ether oxygens (including phenoxy) is 1. The van der Waals surface area contributed by atoms with Gasteiger partial charge in [-0.1, -0.05) is 18.2 Å². The Balaban J connectivity index is 0.00000225. The number of benzene rings is 2. The maximum absolute atomic E-state index is 12.5. The molecule has 0 bridgehead atoms. The van der Waals surface area contributed by atoms with E-state index < -0.39 is 6.10 Å². The van der Waals surface area contributed by atoms with E-state index in [0.717, 1.165) is 35.0 Å². The van der Waals surface area contributed by atoms with E-state index in [2.05, 4.69) is 21.2 Å². The van der Waals surface area contributed by atoms with Crippen LogP contribution in [0.25, 0.3) is 0 Å². The first kappa shape index (κ1) is 19.6. The van der Waals surface area contributed by atoms with E-state index in [1.807, 2.05) is 42.5 Å². The topological polar surface area (TPSA) is 64.3 Å². The number of nitrogens with one attached hydrogen (secondary N) is 1. The van der Waals surface area contributed by atoms with Gasteiger partial charge in [0.1, 0.15) is 5.75 Å². The van der Waals surface area contributed by atoms with Crippen molar-refractivity contribution >= 4 is 39.9 Å². The quantitative estimate of drug-likeness (QED) is 0.713. The first-order valence-electron chi connectivity index (χ1n) is 8.14. The fourth-order valence-corrected chi connectivity index (χ4v) is 3.44. The second kappa shape index (κ2) is 8.59. The van der Waals surface area contributed by atoms with Gasteiger partial charge >= 0.3 is 0 Å². The van der Waals surface area contributed by atoms with Crippen molar-refractivity contribution < 1.29 is 9.53 Å². The van der Waals surface area contributed by atoms with Gasteiger partial charge in [-0.2, -0.15) is 0 Å². The third-order valence-corrected chi connectivity index (χ3v) is 4.96. The summed E-state index contributed by atoms with van der Waals surface area (Å²) in [6.45, 7) is 1.77. The molecule has 1 amide bonds. The summed E-state index contributed by atoms with van der Waals surface area (Å²) < 4.78 is 6.61. The summed E-state index contributed by atoms with van der Waals surface area (Å²) in [5.74, 6) is 0.553. The highest BCUT2D eigenvalue weighted by atomic mass is 79.9. The van der Waals surface area contributed by atoms with E-state index in [9.17, 15) is 4.79 Å². The minimum atomic E-state index is -0.567. The maximum atomic E-state index is 12.5. The Hall–Kier alpha value is -1.72. The van der Waals surface area contributed by atoms with Crippen molar-refractivity contribution in [3.63, 3.8) is 0 Å². The van der Waals surface area contributed by atoms with Gasteiger partial charge in [-0.3, -0.25) is 4.79 Å². The molecule has 2 aromatic carbocycles. The third kappa shape index (κ3) is 4.67. The van der Waals surface area contributed by atoms with Crippen LogP contribution in [0.1, 0.15) is 36.9 Å². The van der Waals surface area contributed by atoms with Crippen molar-refractivity contribution in [1.29, 1.82) is 0 Å². The molecule has 0 radical (unpaired) electrons. The summed E-state index contributed by atoms with van der Waals surface area (Å²) in [5.41, 5.74) is 9.03. The first-order valence-corrected chi connectivity index (χ1v) is 8.94. The number of rotatable bonds is 4. The van der Waals surface area contributed by atoms with Gasteiger partial charge in [-0.15, -0.1) is 12.4 Å². The zero-order valence-corrected chi connectivity index (χ0v) is 16.4. The number of anilines is 1. The number of carbonyl (C=O) groups excluding carboxylic acids is 1. The van der Waals surface area contributed by atoms with Gasteiger partial charge in [0.25, 0.3) is 5.91 Å². The summed E-state index contributed by atoms with van der Waals surface area (Å²) in [7, 11) is 0. The van der Waals surface area contributed by atoms with Crippen molar-refractivity contribution in [3.05, 3.63) is 58.1 Å². The standard InChI is InChI=1S/C19H21BrN2O2.ClH/c1-12(24-18-8-3-2-6-16(18)20)19(23)22-17-7-4-5-13-11-14(21)9-10-15(13)17;/h2-3,6,8-12,17H,4-5,7,21H2,1H3,(H,22,23);1H. The summed E-state index contributed by atoms with van der Waals surface area (Å²) in [5, 5.41) is 3.11. The minimum Gasteiger partial charge on any atom is -0.480 e. The predicted molar refractivity (Wildman–Crippen MR) is 106 cm³/mol. The number of aryl methyl sites for hydroxylation is 1. The second-order valence-electron chi connectivity index (χ2n) is 6.10. The fraction of sp³-hybridized carbons (Fsp3) is 0.316. The number of amides is 1. The molecule has 25 heavy (non-hydrogen) atoms. The van der Waals surface area contributed by atoms with Crippen LogP contribution in [0.4, 0.5) is 5.69 Å². The lowest BCUT2D eigenvalue weighted by Gasteiger charge is -2.28. The van der Waals surface area contributed by atoms with Crippen molar-refractivity contribution in [2.45, 2.75) is 38.3 Å². The molecule has 2 aromatic rings. The van der Waals surface area contributed by atoms with Gasteiger partial charge in [-0.25, -0.2) is 0 Å². The SMILES string of the molecule is CC(Oc1ccccc1Br)C(=O)NC1CCCc2cc(N)ccc21.Cl. The van der Waals surface area contributed by atoms with E-state index >= 15 is 0 Å². The van der Waals surface area contributed by atoms with Crippen molar-refractivity contribution in [3.8, 4) is 5.75 Å². The molecule has 1 aliphatic rings. The largest absolute Gasteiger partial charge is 0.480 e. The number of hydrogen-bond donors (Lipinski definition) is 2. The van der Waals surface area contributed by atoms with Crippen LogP contribution in [-0.4, -0.2) is 12.0 Å². The molecule has 3 N–H and O–H groups in total. The number of para-hydroxylation sites is 1. The molecule has 4 nitrogen and oxygen atoms in total. The molecule has 2 atom stereocenters.